The fourth-order valence-corrected chi connectivity index (χ4v) is 0.944. The van der Waals surface area contributed by atoms with Crippen LogP contribution in [0.3, 0.4) is 0 Å². The van der Waals surface area contributed by atoms with Gasteiger partial charge in [0.15, 0.2) is 5.78 Å². The molecule has 2 heteroatoms. The summed E-state index contributed by atoms with van der Waals surface area (Å²) in [5.41, 5.74) is 2.01. The van der Waals surface area contributed by atoms with Gasteiger partial charge in [0, 0.05) is 5.56 Å². The van der Waals surface area contributed by atoms with E-state index in [4.69, 9.17) is 0 Å². The molecule has 1 rings (SSSR count). The average Bonchev–Trinajstić information content (AvgIpc) is 2.05. The normalized spacial score (nSPS) is 9.55. The second-order valence-corrected chi connectivity index (χ2v) is 2.64. The molecule has 1 aromatic rings. The number of carbonyl (C=O) groups excluding carboxylic acids is 1. The maximum Gasteiger partial charge on any atom is 0.155 e. The van der Waals surface area contributed by atoms with Crippen molar-refractivity contribution in [1.29, 1.82) is 0 Å². The van der Waals surface area contributed by atoms with Crippen molar-refractivity contribution < 1.29 is 4.79 Å². The predicted molar refractivity (Wildman–Crippen MR) is 48.9 cm³/mol. The lowest BCUT2D eigenvalue weighted by atomic mass is 9.95. The van der Waals surface area contributed by atoms with Crippen molar-refractivity contribution in [3.8, 4) is 0 Å². The molecule has 0 aliphatic carbocycles. The Morgan fingerprint density at radius 1 is 1.36 bits per heavy atom. The van der Waals surface area contributed by atoms with E-state index in [0.29, 0.717) is 6.32 Å². The van der Waals surface area contributed by atoms with Gasteiger partial charge in [0.05, 0.1) is 0 Å². The summed E-state index contributed by atoms with van der Waals surface area (Å²) in [4.78, 5) is 11.1. The van der Waals surface area contributed by atoms with Crippen LogP contribution in [0.1, 0.15) is 15.9 Å². The SMILES string of the molecule is BCC(=O)c1ccc(C)cc1. The fourth-order valence-electron chi connectivity index (χ4n) is 0.944. The van der Waals surface area contributed by atoms with E-state index in [-0.39, 0.29) is 5.78 Å². The highest BCUT2D eigenvalue weighted by atomic mass is 16.1. The summed E-state index contributed by atoms with van der Waals surface area (Å²) in [6.45, 7) is 2.01. The van der Waals surface area contributed by atoms with Crippen LogP contribution in [0.4, 0.5) is 0 Å². The maximum absolute atomic E-state index is 11.1. The summed E-state index contributed by atoms with van der Waals surface area (Å²) in [7, 11) is 1.88. The predicted octanol–water partition coefficient (Wildman–Crippen LogP) is 1.23. The van der Waals surface area contributed by atoms with Crippen molar-refractivity contribution in [3.05, 3.63) is 35.4 Å². The highest BCUT2D eigenvalue weighted by Crippen LogP contribution is 2.04. The topological polar surface area (TPSA) is 17.1 Å². The van der Waals surface area contributed by atoms with E-state index in [0.717, 1.165) is 5.56 Å². The fraction of sp³-hybridized carbons (Fsp3) is 0.222. The summed E-state index contributed by atoms with van der Waals surface area (Å²) in [5.74, 6) is 0.213. The van der Waals surface area contributed by atoms with E-state index < -0.39 is 0 Å². The molecule has 1 nitrogen and oxygen atoms in total. The number of carbonyl (C=O) groups is 1. The molecule has 0 radical (unpaired) electrons. The number of hydrogen-bond acceptors (Lipinski definition) is 1. The van der Waals surface area contributed by atoms with Gasteiger partial charge in [0.2, 0.25) is 0 Å². The van der Waals surface area contributed by atoms with E-state index in [1.807, 2.05) is 39.0 Å². The Kier molecular flexibility index (Phi) is 2.47. The van der Waals surface area contributed by atoms with Crippen LogP contribution in [0.15, 0.2) is 24.3 Å². The first-order valence-corrected chi connectivity index (χ1v) is 3.84. The van der Waals surface area contributed by atoms with Gasteiger partial charge >= 0.3 is 0 Å². The summed E-state index contributed by atoms with van der Waals surface area (Å²) < 4.78 is 0. The van der Waals surface area contributed by atoms with Crippen molar-refractivity contribution in [3.63, 3.8) is 0 Å². The molecular formula is C9H11BO. The Hall–Kier alpha value is -1.05. The summed E-state index contributed by atoms with van der Waals surface area (Å²) >= 11 is 0. The molecule has 0 amide bonds. The Morgan fingerprint density at radius 3 is 2.36 bits per heavy atom. The van der Waals surface area contributed by atoms with Crippen LogP contribution >= 0.6 is 0 Å². The van der Waals surface area contributed by atoms with Gasteiger partial charge in [-0.15, -0.1) is 0 Å². The molecular weight excluding hydrogens is 135 g/mol. The van der Waals surface area contributed by atoms with E-state index in [1.165, 1.54) is 5.56 Å². The van der Waals surface area contributed by atoms with Gasteiger partial charge in [-0.05, 0) is 13.2 Å². The standard InChI is InChI=1S/C9H11BO/c1-7-2-4-8(5-3-7)9(11)6-10/h2-5H,6,10H2,1H3. The van der Waals surface area contributed by atoms with Crippen molar-refractivity contribution in [2.45, 2.75) is 13.2 Å². The number of ketones is 1. The Bertz CT molecular complexity index is 251. The molecule has 0 aromatic heterocycles. The molecule has 56 valence electrons. The lowest BCUT2D eigenvalue weighted by molar-refractivity contribution is 0.101. The molecule has 0 aliphatic rings. The van der Waals surface area contributed by atoms with E-state index in [9.17, 15) is 4.79 Å². The van der Waals surface area contributed by atoms with Crippen LogP contribution in [0.5, 0.6) is 0 Å². The number of Topliss-reactive ketones (excluding diaryl/α,β-unsaturated/α-hetero) is 1. The third-order valence-electron chi connectivity index (χ3n) is 1.69. The quantitative estimate of drug-likeness (QED) is 0.453. The lowest BCUT2D eigenvalue weighted by Gasteiger charge is -1.96. The molecule has 11 heavy (non-hydrogen) atoms. The molecule has 0 saturated carbocycles. The van der Waals surface area contributed by atoms with Crippen molar-refractivity contribution in [1.82, 2.24) is 0 Å². The minimum atomic E-state index is 0.213. The largest absolute Gasteiger partial charge is 0.295 e. The van der Waals surface area contributed by atoms with Crippen LogP contribution in [0, 0.1) is 6.92 Å². The van der Waals surface area contributed by atoms with Crippen LogP contribution in [-0.4, -0.2) is 13.6 Å². The highest BCUT2D eigenvalue weighted by Gasteiger charge is 1.99. The summed E-state index contributed by atoms with van der Waals surface area (Å²) in [5, 5.41) is 0. The number of benzene rings is 1. The zero-order valence-electron chi connectivity index (χ0n) is 6.92. The molecule has 0 spiro atoms. The van der Waals surface area contributed by atoms with Crippen LogP contribution in [-0.2, 0) is 0 Å². The van der Waals surface area contributed by atoms with Gasteiger partial charge in [-0.3, -0.25) is 4.79 Å². The number of rotatable bonds is 2. The first-order chi connectivity index (χ1) is 5.24. The summed E-state index contributed by atoms with van der Waals surface area (Å²) in [6, 6.07) is 7.67. The van der Waals surface area contributed by atoms with E-state index in [2.05, 4.69) is 0 Å². The first-order valence-electron chi connectivity index (χ1n) is 3.84. The second kappa shape index (κ2) is 3.38. The third-order valence-corrected chi connectivity index (χ3v) is 1.69. The first kappa shape index (κ1) is 8.06. The minimum Gasteiger partial charge on any atom is -0.295 e. The average molecular weight is 146 g/mol. The molecule has 0 heterocycles. The van der Waals surface area contributed by atoms with Crippen LogP contribution in [0.25, 0.3) is 0 Å². The van der Waals surface area contributed by atoms with Crippen LogP contribution < -0.4 is 0 Å². The Morgan fingerprint density at radius 2 is 1.91 bits per heavy atom. The molecule has 1 aromatic carbocycles. The highest BCUT2D eigenvalue weighted by molar-refractivity contribution is 6.23. The Balaban J connectivity index is 2.90. The third kappa shape index (κ3) is 1.94. The minimum absolute atomic E-state index is 0.213. The zero-order valence-corrected chi connectivity index (χ0v) is 6.92. The molecule has 0 bridgehead atoms. The van der Waals surface area contributed by atoms with Gasteiger partial charge in [-0.2, -0.15) is 0 Å². The van der Waals surface area contributed by atoms with Crippen molar-refractivity contribution in [2.24, 2.45) is 0 Å². The molecule has 0 aliphatic heterocycles. The van der Waals surface area contributed by atoms with Gasteiger partial charge in [0.1, 0.15) is 7.85 Å². The van der Waals surface area contributed by atoms with Gasteiger partial charge in [-0.1, -0.05) is 29.8 Å². The second-order valence-electron chi connectivity index (χ2n) is 2.64. The van der Waals surface area contributed by atoms with Gasteiger partial charge in [0.25, 0.3) is 0 Å². The molecule has 0 fully saturated rings. The molecule has 0 atom stereocenters. The Labute approximate surface area is 67.8 Å². The zero-order chi connectivity index (χ0) is 8.27. The smallest absolute Gasteiger partial charge is 0.155 e. The lowest BCUT2D eigenvalue weighted by Crippen LogP contribution is -1.96. The van der Waals surface area contributed by atoms with Crippen molar-refractivity contribution >= 4 is 13.6 Å². The van der Waals surface area contributed by atoms with Crippen molar-refractivity contribution in [2.75, 3.05) is 0 Å². The maximum atomic E-state index is 11.1. The van der Waals surface area contributed by atoms with Crippen LogP contribution in [0.2, 0.25) is 6.32 Å². The number of hydrogen-bond donors (Lipinski definition) is 0. The molecule has 0 N–H and O–H groups in total. The van der Waals surface area contributed by atoms with E-state index in [1.54, 1.807) is 0 Å². The van der Waals surface area contributed by atoms with Gasteiger partial charge < -0.3 is 0 Å². The summed E-state index contributed by atoms with van der Waals surface area (Å²) in [6.07, 6.45) is 0.586. The van der Waals surface area contributed by atoms with Gasteiger partial charge in [-0.25, -0.2) is 0 Å². The molecule has 0 unspecified atom stereocenters. The number of aryl methyl sites for hydroxylation is 1. The van der Waals surface area contributed by atoms with E-state index >= 15 is 0 Å². The molecule has 0 saturated heterocycles. The monoisotopic (exact) mass is 146 g/mol.